The summed E-state index contributed by atoms with van der Waals surface area (Å²) in [6, 6.07) is 13.7. The first-order valence-electron chi connectivity index (χ1n) is 6.52. The van der Waals surface area contributed by atoms with Crippen LogP contribution in [-0.4, -0.2) is 13.7 Å². The van der Waals surface area contributed by atoms with Gasteiger partial charge < -0.3 is 15.2 Å². The van der Waals surface area contributed by atoms with E-state index in [0.717, 1.165) is 16.9 Å². The van der Waals surface area contributed by atoms with Crippen LogP contribution in [0, 0.1) is 0 Å². The third kappa shape index (κ3) is 4.16. The largest absolute Gasteiger partial charge is 0.496 e. The molecule has 2 aromatic carbocycles. The Morgan fingerprint density at radius 1 is 1.10 bits per heavy atom. The third-order valence-corrected chi connectivity index (χ3v) is 3.14. The van der Waals surface area contributed by atoms with Gasteiger partial charge in [0.15, 0.2) is 0 Å². The number of nitrogens with two attached hydrogens (primary N) is 1. The van der Waals surface area contributed by atoms with E-state index >= 15 is 0 Å². The minimum Gasteiger partial charge on any atom is -0.496 e. The second kappa shape index (κ2) is 7.04. The summed E-state index contributed by atoms with van der Waals surface area (Å²) < 4.78 is 34.1. The number of benzene rings is 2. The molecule has 1 atom stereocenters. The molecule has 21 heavy (non-hydrogen) atoms. The molecule has 0 saturated carbocycles. The molecule has 0 aliphatic carbocycles. The molecule has 2 rings (SSSR count). The Hall–Kier alpha value is -2.14. The van der Waals surface area contributed by atoms with E-state index in [1.807, 2.05) is 24.3 Å². The smallest absolute Gasteiger partial charge is 0.387 e. The Labute approximate surface area is 122 Å². The van der Waals surface area contributed by atoms with Crippen molar-refractivity contribution in [2.75, 3.05) is 7.11 Å². The Morgan fingerprint density at radius 2 is 1.86 bits per heavy atom. The van der Waals surface area contributed by atoms with E-state index in [0.29, 0.717) is 6.42 Å². The summed E-state index contributed by atoms with van der Waals surface area (Å²) in [5.74, 6) is 0.867. The van der Waals surface area contributed by atoms with Crippen molar-refractivity contribution < 1.29 is 18.3 Å². The normalized spacial score (nSPS) is 12.2. The van der Waals surface area contributed by atoms with Crippen molar-refractivity contribution >= 4 is 0 Å². The van der Waals surface area contributed by atoms with Crippen LogP contribution in [0.5, 0.6) is 11.5 Å². The number of alkyl halides is 2. The molecule has 0 bridgehead atoms. The van der Waals surface area contributed by atoms with Crippen LogP contribution in [0.25, 0.3) is 0 Å². The highest BCUT2D eigenvalue weighted by Crippen LogP contribution is 2.25. The maximum absolute atomic E-state index is 12.2. The first-order chi connectivity index (χ1) is 10.1. The SMILES string of the molecule is COc1ccccc1CC(N)c1cccc(OC(F)F)c1. The predicted octanol–water partition coefficient (Wildman–Crippen LogP) is 3.54. The fraction of sp³-hybridized carbons (Fsp3) is 0.250. The van der Waals surface area contributed by atoms with Crippen molar-refractivity contribution in [1.82, 2.24) is 0 Å². The van der Waals surface area contributed by atoms with Gasteiger partial charge in [-0.1, -0.05) is 30.3 Å². The van der Waals surface area contributed by atoms with Crippen LogP contribution >= 0.6 is 0 Å². The molecule has 0 amide bonds. The van der Waals surface area contributed by atoms with Crippen molar-refractivity contribution in [3.8, 4) is 11.5 Å². The summed E-state index contributed by atoms with van der Waals surface area (Å²) in [5.41, 5.74) is 7.85. The third-order valence-electron chi connectivity index (χ3n) is 3.14. The van der Waals surface area contributed by atoms with Gasteiger partial charge in [0.2, 0.25) is 0 Å². The first kappa shape index (κ1) is 15.3. The topological polar surface area (TPSA) is 44.5 Å². The molecule has 0 heterocycles. The van der Waals surface area contributed by atoms with Crippen molar-refractivity contribution in [2.24, 2.45) is 5.73 Å². The van der Waals surface area contributed by atoms with Crippen molar-refractivity contribution in [3.05, 3.63) is 59.7 Å². The maximum Gasteiger partial charge on any atom is 0.387 e. The van der Waals surface area contributed by atoms with Crippen LogP contribution in [0.4, 0.5) is 8.78 Å². The van der Waals surface area contributed by atoms with E-state index < -0.39 is 6.61 Å². The van der Waals surface area contributed by atoms with Crippen LogP contribution in [-0.2, 0) is 6.42 Å². The summed E-state index contributed by atoms with van der Waals surface area (Å²) in [4.78, 5) is 0. The molecule has 0 spiro atoms. The summed E-state index contributed by atoms with van der Waals surface area (Å²) in [5, 5.41) is 0. The molecule has 2 aromatic rings. The lowest BCUT2D eigenvalue weighted by Gasteiger charge is -2.15. The zero-order valence-electron chi connectivity index (χ0n) is 11.6. The molecule has 1 unspecified atom stereocenters. The van der Waals surface area contributed by atoms with E-state index in [2.05, 4.69) is 4.74 Å². The van der Waals surface area contributed by atoms with E-state index in [9.17, 15) is 8.78 Å². The number of hydrogen-bond acceptors (Lipinski definition) is 3. The van der Waals surface area contributed by atoms with E-state index in [4.69, 9.17) is 10.5 Å². The molecular weight excluding hydrogens is 276 g/mol. The second-order valence-electron chi connectivity index (χ2n) is 4.57. The van der Waals surface area contributed by atoms with Gasteiger partial charge in [-0.05, 0) is 35.7 Å². The number of rotatable bonds is 6. The summed E-state index contributed by atoms with van der Waals surface area (Å²) in [6.45, 7) is -2.84. The molecule has 0 aliphatic rings. The first-order valence-corrected chi connectivity index (χ1v) is 6.52. The highest BCUT2D eigenvalue weighted by atomic mass is 19.3. The zero-order chi connectivity index (χ0) is 15.2. The van der Waals surface area contributed by atoms with Gasteiger partial charge in [-0.25, -0.2) is 0 Å². The van der Waals surface area contributed by atoms with Crippen molar-refractivity contribution in [2.45, 2.75) is 19.1 Å². The van der Waals surface area contributed by atoms with Gasteiger partial charge in [-0.15, -0.1) is 0 Å². The van der Waals surface area contributed by atoms with Crippen molar-refractivity contribution in [3.63, 3.8) is 0 Å². The average Bonchev–Trinajstić information content (AvgIpc) is 2.47. The van der Waals surface area contributed by atoms with Crippen LogP contribution in [0.15, 0.2) is 48.5 Å². The molecule has 0 fully saturated rings. The highest BCUT2D eigenvalue weighted by molar-refractivity contribution is 5.36. The molecule has 3 nitrogen and oxygen atoms in total. The fourth-order valence-corrected chi connectivity index (χ4v) is 2.15. The lowest BCUT2D eigenvalue weighted by molar-refractivity contribution is -0.0498. The molecule has 5 heteroatoms. The summed E-state index contributed by atoms with van der Waals surface area (Å²) >= 11 is 0. The second-order valence-corrected chi connectivity index (χ2v) is 4.57. The Bertz CT molecular complexity index is 590. The molecule has 0 aliphatic heterocycles. The van der Waals surface area contributed by atoms with Gasteiger partial charge in [0.25, 0.3) is 0 Å². The molecule has 2 N–H and O–H groups in total. The number of hydrogen-bond donors (Lipinski definition) is 1. The Kier molecular flexibility index (Phi) is 5.11. The zero-order valence-corrected chi connectivity index (χ0v) is 11.6. The van der Waals surface area contributed by atoms with Gasteiger partial charge in [0.1, 0.15) is 11.5 Å². The van der Waals surface area contributed by atoms with Gasteiger partial charge >= 0.3 is 6.61 Å². The van der Waals surface area contributed by atoms with E-state index in [1.54, 1.807) is 19.2 Å². The summed E-state index contributed by atoms with van der Waals surface area (Å²) in [6.07, 6.45) is 0.544. The maximum atomic E-state index is 12.2. The van der Waals surface area contributed by atoms with Gasteiger partial charge in [0.05, 0.1) is 7.11 Å². The minimum atomic E-state index is -2.84. The average molecular weight is 293 g/mol. The molecule has 0 saturated heterocycles. The lowest BCUT2D eigenvalue weighted by Crippen LogP contribution is -2.14. The molecule has 112 valence electrons. The monoisotopic (exact) mass is 293 g/mol. The van der Waals surface area contributed by atoms with Crippen LogP contribution in [0.2, 0.25) is 0 Å². The Balaban J connectivity index is 2.14. The van der Waals surface area contributed by atoms with Crippen molar-refractivity contribution in [1.29, 1.82) is 0 Å². The van der Waals surface area contributed by atoms with E-state index in [1.165, 1.54) is 12.1 Å². The number of ether oxygens (including phenoxy) is 2. The van der Waals surface area contributed by atoms with Gasteiger partial charge in [-0.2, -0.15) is 8.78 Å². The Morgan fingerprint density at radius 3 is 2.57 bits per heavy atom. The van der Waals surface area contributed by atoms with Gasteiger partial charge in [-0.3, -0.25) is 0 Å². The van der Waals surface area contributed by atoms with Crippen LogP contribution < -0.4 is 15.2 Å². The van der Waals surface area contributed by atoms with E-state index in [-0.39, 0.29) is 11.8 Å². The van der Waals surface area contributed by atoms with Crippen LogP contribution in [0.3, 0.4) is 0 Å². The number of methoxy groups -OCH3 is 1. The standard InChI is InChI=1S/C16H17F2NO2/c1-20-15-8-3-2-5-12(15)10-14(19)11-6-4-7-13(9-11)21-16(17)18/h2-9,14,16H,10,19H2,1H3. The van der Waals surface area contributed by atoms with Crippen LogP contribution in [0.1, 0.15) is 17.2 Å². The predicted molar refractivity (Wildman–Crippen MR) is 76.7 cm³/mol. The number of para-hydroxylation sites is 1. The quantitative estimate of drug-likeness (QED) is 0.886. The highest BCUT2D eigenvalue weighted by Gasteiger charge is 2.12. The molecule has 0 aromatic heterocycles. The summed E-state index contributed by atoms with van der Waals surface area (Å²) in [7, 11) is 1.60. The lowest BCUT2D eigenvalue weighted by atomic mass is 9.99. The molecular formula is C16H17F2NO2. The minimum absolute atomic E-state index is 0.109. The number of halogens is 2. The van der Waals surface area contributed by atoms with Gasteiger partial charge in [0, 0.05) is 6.04 Å². The molecule has 0 radical (unpaired) electrons. The fourth-order valence-electron chi connectivity index (χ4n) is 2.15.